The Balaban J connectivity index is 1.69. The number of ether oxygens (including phenoxy) is 1. The van der Waals surface area contributed by atoms with Crippen LogP contribution in [0.15, 0.2) is 88.1 Å². The summed E-state index contributed by atoms with van der Waals surface area (Å²) in [6.07, 6.45) is 0. The van der Waals surface area contributed by atoms with E-state index in [4.69, 9.17) is 9.15 Å². The van der Waals surface area contributed by atoms with Gasteiger partial charge in [-0.3, -0.25) is 0 Å². The smallest absolute Gasteiger partial charge is 0.336 e. The van der Waals surface area contributed by atoms with Crippen molar-refractivity contribution in [2.24, 2.45) is 0 Å². The van der Waals surface area contributed by atoms with Gasteiger partial charge in [-0.2, -0.15) is 0 Å². The molecule has 1 N–H and O–H groups in total. The van der Waals surface area contributed by atoms with Crippen LogP contribution in [0.25, 0.3) is 11.0 Å². The molecule has 0 spiro atoms. The zero-order valence-electron chi connectivity index (χ0n) is 16.5. The Bertz CT molecular complexity index is 1160. The highest BCUT2D eigenvalue weighted by molar-refractivity contribution is 5.81. The molecule has 1 aromatic heterocycles. The zero-order chi connectivity index (χ0) is 20.2. The minimum Gasteiger partial charge on any atom is -0.497 e. The monoisotopic (exact) mass is 385 g/mol. The second kappa shape index (κ2) is 8.33. The summed E-state index contributed by atoms with van der Waals surface area (Å²) in [7, 11) is 1.59. The van der Waals surface area contributed by atoms with Crippen LogP contribution in [0.5, 0.6) is 5.75 Å². The minimum atomic E-state index is -0.367. The molecule has 0 saturated heterocycles. The quantitative estimate of drug-likeness (QED) is 0.475. The molecule has 0 saturated carbocycles. The van der Waals surface area contributed by atoms with E-state index in [1.165, 1.54) is 16.7 Å². The number of benzene rings is 3. The number of hydrogen-bond donors (Lipinski definition) is 1. The van der Waals surface area contributed by atoms with Gasteiger partial charge < -0.3 is 14.5 Å². The van der Waals surface area contributed by atoms with Crippen molar-refractivity contribution in [3.8, 4) is 5.75 Å². The first-order chi connectivity index (χ1) is 14.1. The van der Waals surface area contributed by atoms with Gasteiger partial charge >= 0.3 is 5.63 Å². The van der Waals surface area contributed by atoms with Gasteiger partial charge in [-0.1, -0.05) is 60.2 Å². The van der Waals surface area contributed by atoms with Crippen molar-refractivity contribution in [3.63, 3.8) is 0 Å². The number of methoxy groups -OCH3 is 1. The number of aryl methyl sites for hydroxylation is 1. The maximum Gasteiger partial charge on any atom is 0.336 e. The largest absolute Gasteiger partial charge is 0.497 e. The van der Waals surface area contributed by atoms with Gasteiger partial charge in [0.25, 0.3) is 0 Å². The molecule has 4 rings (SSSR count). The van der Waals surface area contributed by atoms with Crippen LogP contribution in [0.1, 0.15) is 28.3 Å². The number of fused-ring (bicyclic) bond motifs is 1. The molecule has 0 bridgehead atoms. The molecule has 0 radical (unpaired) electrons. The lowest BCUT2D eigenvalue weighted by atomic mass is 9.97. The molecule has 0 aliphatic heterocycles. The van der Waals surface area contributed by atoms with E-state index >= 15 is 0 Å². The van der Waals surface area contributed by atoms with E-state index in [0.717, 1.165) is 10.9 Å². The SMILES string of the molecule is COc1ccc2c(CN[C@H](c3ccccc3)c3ccc(C)cc3)cc(=O)oc2c1. The van der Waals surface area contributed by atoms with Gasteiger partial charge in [-0.15, -0.1) is 0 Å². The minimum absolute atomic E-state index is 0.0114. The van der Waals surface area contributed by atoms with Gasteiger partial charge in [0, 0.05) is 24.1 Å². The van der Waals surface area contributed by atoms with Crippen LogP contribution in [0.2, 0.25) is 0 Å². The van der Waals surface area contributed by atoms with Gasteiger partial charge in [-0.25, -0.2) is 4.79 Å². The fourth-order valence-corrected chi connectivity index (χ4v) is 3.53. The first kappa shape index (κ1) is 19.0. The van der Waals surface area contributed by atoms with Crippen molar-refractivity contribution in [1.82, 2.24) is 5.32 Å². The van der Waals surface area contributed by atoms with Crippen LogP contribution in [0, 0.1) is 6.92 Å². The molecule has 4 aromatic rings. The molecule has 4 nitrogen and oxygen atoms in total. The summed E-state index contributed by atoms with van der Waals surface area (Å²) in [5.74, 6) is 0.660. The summed E-state index contributed by atoms with van der Waals surface area (Å²) in [5.41, 5.74) is 4.63. The summed E-state index contributed by atoms with van der Waals surface area (Å²) in [5, 5.41) is 4.52. The van der Waals surface area contributed by atoms with Crippen LogP contribution in [-0.2, 0) is 6.54 Å². The summed E-state index contributed by atoms with van der Waals surface area (Å²) < 4.78 is 10.6. The van der Waals surface area contributed by atoms with Crippen molar-refractivity contribution in [2.45, 2.75) is 19.5 Å². The summed E-state index contributed by atoms with van der Waals surface area (Å²) in [6, 6.07) is 25.9. The third kappa shape index (κ3) is 4.23. The molecular formula is C25H23NO3. The lowest BCUT2D eigenvalue weighted by Gasteiger charge is -2.20. The Morgan fingerprint density at radius 1 is 0.931 bits per heavy atom. The molecule has 29 heavy (non-hydrogen) atoms. The highest BCUT2D eigenvalue weighted by atomic mass is 16.5. The van der Waals surface area contributed by atoms with E-state index in [0.29, 0.717) is 17.9 Å². The molecule has 146 valence electrons. The molecule has 3 aromatic carbocycles. The molecule has 0 aliphatic rings. The normalized spacial score (nSPS) is 12.1. The standard InChI is InChI=1S/C25H23NO3/c1-17-8-10-19(11-9-17)25(18-6-4-3-5-7-18)26-16-20-14-24(27)29-23-15-21(28-2)12-13-22(20)23/h3-15,25-26H,16H2,1-2H3/t25-/m1/s1. The molecule has 0 amide bonds. The summed E-state index contributed by atoms with van der Waals surface area (Å²) in [4.78, 5) is 12.1. The van der Waals surface area contributed by atoms with Crippen LogP contribution in [0.3, 0.4) is 0 Å². The van der Waals surface area contributed by atoms with Gasteiger partial charge in [0.2, 0.25) is 0 Å². The Kier molecular flexibility index (Phi) is 5.45. The third-order valence-corrected chi connectivity index (χ3v) is 5.08. The molecule has 0 unspecified atom stereocenters. The van der Waals surface area contributed by atoms with Crippen molar-refractivity contribution >= 4 is 11.0 Å². The average Bonchev–Trinajstić information content (AvgIpc) is 2.75. The van der Waals surface area contributed by atoms with E-state index in [1.807, 2.05) is 30.3 Å². The molecule has 4 heteroatoms. The fourth-order valence-electron chi connectivity index (χ4n) is 3.53. The first-order valence-corrected chi connectivity index (χ1v) is 9.60. The van der Waals surface area contributed by atoms with Crippen molar-refractivity contribution < 1.29 is 9.15 Å². The number of rotatable bonds is 6. The Hall–Kier alpha value is -3.37. The second-order valence-electron chi connectivity index (χ2n) is 7.09. The van der Waals surface area contributed by atoms with Crippen LogP contribution >= 0.6 is 0 Å². The number of hydrogen-bond acceptors (Lipinski definition) is 4. The van der Waals surface area contributed by atoms with E-state index in [2.05, 4.69) is 48.6 Å². The Morgan fingerprint density at radius 3 is 2.38 bits per heavy atom. The predicted molar refractivity (Wildman–Crippen MR) is 115 cm³/mol. The summed E-state index contributed by atoms with van der Waals surface area (Å²) in [6.45, 7) is 2.61. The second-order valence-corrected chi connectivity index (χ2v) is 7.09. The number of nitrogens with one attached hydrogen (secondary N) is 1. The van der Waals surface area contributed by atoms with E-state index < -0.39 is 0 Å². The van der Waals surface area contributed by atoms with Gasteiger partial charge in [0.1, 0.15) is 11.3 Å². The molecule has 0 aliphatic carbocycles. The van der Waals surface area contributed by atoms with Crippen molar-refractivity contribution in [3.05, 3.63) is 112 Å². The van der Waals surface area contributed by atoms with Crippen molar-refractivity contribution in [2.75, 3.05) is 7.11 Å². The molecular weight excluding hydrogens is 362 g/mol. The Morgan fingerprint density at radius 2 is 1.66 bits per heavy atom. The highest BCUT2D eigenvalue weighted by Gasteiger charge is 2.15. The van der Waals surface area contributed by atoms with Crippen LogP contribution in [0.4, 0.5) is 0 Å². The maximum atomic E-state index is 12.1. The van der Waals surface area contributed by atoms with Crippen molar-refractivity contribution in [1.29, 1.82) is 0 Å². The van der Waals surface area contributed by atoms with Gasteiger partial charge in [0.15, 0.2) is 0 Å². The van der Waals surface area contributed by atoms with Gasteiger partial charge in [0.05, 0.1) is 13.2 Å². The fraction of sp³-hybridized carbons (Fsp3) is 0.160. The predicted octanol–water partition coefficient (Wildman–Crippen LogP) is 4.99. The first-order valence-electron chi connectivity index (χ1n) is 9.60. The van der Waals surface area contributed by atoms with Crippen LogP contribution < -0.4 is 15.7 Å². The van der Waals surface area contributed by atoms with E-state index in [-0.39, 0.29) is 11.7 Å². The lowest BCUT2D eigenvalue weighted by Crippen LogP contribution is -2.22. The Labute approximate surface area is 169 Å². The summed E-state index contributed by atoms with van der Waals surface area (Å²) >= 11 is 0. The average molecular weight is 385 g/mol. The topological polar surface area (TPSA) is 51.5 Å². The van der Waals surface area contributed by atoms with E-state index in [9.17, 15) is 4.79 Å². The van der Waals surface area contributed by atoms with Crippen LogP contribution in [-0.4, -0.2) is 7.11 Å². The van der Waals surface area contributed by atoms with E-state index in [1.54, 1.807) is 19.2 Å². The van der Waals surface area contributed by atoms with Gasteiger partial charge in [-0.05, 0) is 35.7 Å². The molecule has 0 fully saturated rings. The lowest BCUT2D eigenvalue weighted by molar-refractivity contribution is 0.414. The highest BCUT2D eigenvalue weighted by Crippen LogP contribution is 2.26. The molecule has 1 heterocycles. The zero-order valence-corrected chi connectivity index (χ0v) is 16.5. The third-order valence-electron chi connectivity index (χ3n) is 5.08. The maximum absolute atomic E-state index is 12.1. The molecule has 1 atom stereocenters.